The fourth-order valence-corrected chi connectivity index (χ4v) is 1.56. The lowest BCUT2D eigenvalue weighted by Gasteiger charge is -2.29. The molecular weight excluding hydrogens is 160 g/mol. The van der Waals surface area contributed by atoms with E-state index >= 15 is 0 Å². The topological polar surface area (TPSA) is 46.3 Å². The minimum atomic E-state index is -0.111. The third kappa shape index (κ3) is 2.38. The molecule has 0 spiro atoms. The third-order valence-corrected chi connectivity index (χ3v) is 2.50. The van der Waals surface area contributed by atoms with Gasteiger partial charge >= 0.3 is 0 Å². The fourth-order valence-electron chi connectivity index (χ4n) is 1.36. The van der Waals surface area contributed by atoms with Crippen LogP contribution >= 0.6 is 12.6 Å². The molecule has 64 valence electrons. The number of amides is 1. The summed E-state index contributed by atoms with van der Waals surface area (Å²) < 4.78 is 0. The molecule has 4 heteroatoms. The van der Waals surface area contributed by atoms with Gasteiger partial charge in [0.1, 0.15) is 0 Å². The Morgan fingerprint density at radius 1 is 1.55 bits per heavy atom. The molecule has 1 fully saturated rings. The Labute approximate surface area is 72.3 Å². The van der Waals surface area contributed by atoms with Crippen LogP contribution in [0.1, 0.15) is 12.8 Å². The Morgan fingerprint density at radius 2 is 2.09 bits per heavy atom. The maximum Gasteiger partial charge on any atom is 0.278 e. The molecule has 0 aromatic heterocycles. The van der Waals surface area contributed by atoms with Crippen molar-refractivity contribution in [3.63, 3.8) is 0 Å². The Balaban J connectivity index is 2.30. The van der Waals surface area contributed by atoms with Gasteiger partial charge in [0.15, 0.2) is 0 Å². The van der Waals surface area contributed by atoms with Gasteiger partial charge in [0, 0.05) is 13.1 Å². The summed E-state index contributed by atoms with van der Waals surface area (Å²) in [7, 11) is 0. The Morgan fingerprint density at radius 3 is 2.45 bits per heavy atom. The number of piperidine rings is 1. The SMILES string of the molecule is NCC1CCN(C(=O)S)CC1. The molecule has 0 aliphatic carbocycles. The lowest BCUT2D eigenvalue weighted by Crippen LogP contribution is -2.37. The van der Waals surface area contributed by atoms with Crippen LogP contribution in [-0.4, -0.2) is 29.8 Å². The molecule has 1 saturated heterocycles. The van der Waals surface area contributed by atoms with E-state index in [-0.39, 0.29) is 5.24 Å². The number of carbonyl (C=O) groups excluding carboxylic acids is 1. The molecule has 0 radical (unpaired) electrons. The summed E-state index contributed by atoms with van der Waals surface area (Å²) in [6, 6.07) is 0. The van der Waals surface area contributed by atoms with Gasteiger partial charge in [-0.2, -0.15) is 0 Å². The molecule has 2 N–H and O–H groups in total. The smallest absolute Gasteiger partial charge is 0.278 e. The van der Waals surface area contributed by atoms with E-state index in [0.29, 0.717) is 5.92 Å². The standard InChI is InChI=1S/C7H14N2OS/c8-5-6-1-3-9(4-2-6)7(10)11/h6H,1-5,8H2,(H,10,11). The minimum Gasteiger partial charge on any atom is -0.334 e. The van der Waals surface area contributed by atoms with Crippen molar-refractivity contribution in [2.75, 3.05) is 19.6 Å². The molecule has 11 heavy (non-hydrogen) atoms. The first-order valence-corrected chi connectivity index (χ1v) is 4.36. The van der Waals surface area contributed by atoms with E-state index < -0.39 is 0 Å². The zero-order chi connectivity index (χ0) is 8.27. The Hall–Kier alpha value is -0.220. The van der Waals surface area contributed by atoms with Crippen LogP contribution in [0.5, 0.6) is 0 Å². The first-order valence-electron chi connectivity index (χ1n) is 3.92. The maximum atomic E-state index is 10.8. The van der Waals surface area contributed by atoms with Crippen molar-refractivity contribution in [3.8, 4) is 0 Å². The summed E-state index contributed by atoms with van der Waals surface area (Å²) >= 11 is 3.76. The lowest BCUT2D eigenvalue weighted by atomic mass is 9.98. The minimum absolute atomic E-state index is 0.111. The number of nitrogens with zero attached hydrogens (tertiary/aromatic N) is 1. The Kier molecular flexibility index (Phi) is 3.20. The highest BCUT2D eigenvalue weighted by Crippen LogP contribution is 2.16. The third-order valence-electron chi connectivity index (χ3n) is 2.22. The molecule has 1 heterocycles. The number of nitrogens with two attached hydrogens (primary N) is 1. The quantitative estimate of drug-likeness (QED) is 0.575. The molecule has 0 aromatic carbocycles. The van der Waals surface area contributed by atoms with E-state index in [1.165, 1.54) is 0 Å². The van der Waals surface area contributed by atoms with Gasteiger partial charge in [-0.05, 0) is 25.3 Å². The van der Waals surface area contributed by atoms with Crippen LogP contribution in [0.25, 0.3) is 0 Å². The van der Waals surface area contributed by atoms with Crippen molar-refractivity contribution < 1.29 is 4.79 Å². The van der Waals surface area contributed by atoms with Crippen molar-refractivity contribution in [1.82, 2.24) is 4.90 Å². The molecule has 0 bridgehead atoms. The number of hydrogen-bond acceptors (Lipinski definition) is 2. The van der Waals surface area contributed by atoms with E-state index in [1.54, 1.807) is 4.90 Å². The van der Waals surface area contributed by atoms with Gasteiger partial charge < -0.3 is 10.6 Å². The lowest BCUT2D eigenvalue weighted by molar-refractivity contribution is 0.195. The first-order chi connectivity index (χ1) is 5.24. The van der Waals surface area contributed by atoms with E-state index in [9.17, 15) is 4.79 Å². The first kappa shape index (κ1) is 8.87. The van der Waals surface area contributed by atoms with E-state index in [0.717, 1.165) is 32.5 Å². The molecule has 0 aromatic rings. The van der Waals surface area contributed by atoms with E-state index in [1.807, 2.05) is 0 Å². The van der Waals surface area contributed by atoms with Crippen molar-refractivity contribution in [2.24, 2.45) is 11.7 Å². The molecule has 0 atom stereocenters. The second-order valence-corrected chi connectivity index (χ2v) is 3.33. The molecule has 1 amide bonds. The average Bonchev–Trinajstić information content (AvgIpc) is 2.05. The summed E-state index contributed by atoms with van der Waals surface area (Å²) in [4.78, 5) is 12.5. The highest BCUT2D eigenvalue weighted by molar-refractivity contribution is 7.96. The summed E-state index contributed by atoms with van der Waals surface area (Å²) in [6.07, 6.45) is 2.06. The Bertz CT molecular complexity index is 143. The molecule has 0 saturated carbocycles. The van der Waals surface area contributed by atoms with Crippen LogP contribution in [0.3, 0.4) is 0 Å². The highest BCUT2D eigenvalue weighted by atomic mass is 32.1. The van der Waals surface area contributed by atoms with Crippen molar-refractivity contribution in [2.45, 2.75) is 12.8 Å². The van der Waals surface area contributed by atoms with Gasteiger partial charge in [0.05, 0.1) is 0 Å². The van der Waals surface area contributed by atoms with Gasteiger partial charge in [-0.1, -0.05) is 12.6 Å². The number of carbonyl (C=O) groups is 1. The van der Waals surface area contributed by atoms with Gasteiger partial charge in [0.2, 0.25) is 0 Å². The second kappa shape index (κ2) is 3.97. The van der Waals surface area contributed by atoms with Gasteiger partial charge in [0.25, 0.3) is 5.24 Å². The summed E-state index contributed by atoms with van der Waals surface area (Å²) in [5, 5.41) is -0.111. The number of rotatable bonds is 1. The number of hydrogen-bond donors (Lipinski definition) is 2. The zero-order valence-electron chi connectivity index (χ0n) is 6.49. The summed E-state index contributed by atoms with van der Waals surface area (Å²) in [6.45, 7) is 2.39. The molecule has 0 unspecified atom stereocenters. The monoisotopic (exact) mass is 174 g/mol. The molecule has 1 rings (SSSR count). The van der Waals surface area contributed by atoms with Crippen LogP contribution < -0.4 is 5.73 Å². The predicted octanol–water partition coefficient (Wildman–Crippen LogP) is 0.707. The van der Waals surface area contributed by atoms with Crippen molar-refractivity contribution in [3.05, 3.63) is 0 Å². The molecule has 1 aliphatic rings. The van der Waals surface area contributed by atoms with Gasteiger partial charge in [-0.15, -0.1) is 0 Å². The normalized spacial score (nSPS) is 20.4. The van der Waals surface area contributed by atoms with Crippen molar-refractivity contribution >= 4 is 17.9 Å². The summed E-state index contributed by atoms with van der Waals surface area (Å²) in [5.74, 6) is 0.610. The predicted molar refractivity (Wildman–Crippen MR) is 47.7 cm³/mol. The van der Waals surface area contributed by atoms with Crippen molar-refractivity contribution in [1.29, 1.82) is 0 Å². The molecule has 3 nitrogen and oxygen atoms in total. The highest BCUT2D eigenvalue weighted by Gasteiger charge is 2.19. The van der Waals surface area contributed by atoms with E-state index in [4.69, 9.17) is 5.73 Å². The zero-order valence-corrected chi connectivity index (χ0v) is 7.39. The maximum absolute atomic E-state index is 10.8. The van der Waals surface area contributed by atoms with Gasteiger partial charge in [-0.3, -0.25) is 4.79 Å². The summed E-state index contributed by atoms with van der Waals surface area (Å²) in [5.41, 5.74) is 5.50. The molecule has 1 aliphatic heterocycles. The van der Waals surface area contributed by atoms with Crippen LogP contribution in [0.15, 0.2) is 0 Å². The van der Waals surface area contributed by atoms with Crippen LogP contribution in [0.4, 0.5) is 4.79 Å². The average molecular weight is 174 g/mol. The van der Waals surface area contributed by atoms with Crippen LogP contribution in [0, 0.1) is 5.92 Å². The largest absolute Gasteiger partial charge is 0.334 e. The van der Waals surface area contributed by atoms with E-state index in [2.05, 4.69) is 12.6 Å². The fraction of sp³-hybridized carbons (Fsp3) is 0.857. The van der Waals surface area contributed by atoms with Crippen LogP contribution in [-0.2, 0) is 0 Å². The van der Waals surface area contributed by atoms with Crippen LogP contribution in [0.2, 0.25) is 0 Å². The second-order valence-electron chi connectivity index (χ2n) is 2.95. The molecular formula is C7H14N2OS. The number of thiol groups is 1. The van der Waals surface area contributed by atoms with Gasteiger partial charge in [-0.25, -0.2) is 0 Å². The number of likely N-dealkylation sites (tertiary alicyclic amines) is 1.